The first-order chi connectivity index (χ1) is 12.8. The Bertz CT molecular complexity index is 1060. The third kappa shape index (κ3) is 3.49. The standard InChI is InChI=1S/C22H20O4/c23-21-11-10-17-20(26-21)15-19-18(12-14-24-19)22(17)25-13-6-2-5-9-16-7-3-1-4-8-16/h1,3-4,7-8,10-12,14-15H,2,5-6,9,13H2. The van der Waals surface area contributed by atoms with Crippen molar-refractivity contribution in [1.29, 1.82) is 0 Å². The molecule has 4 rings (SSSR count). The number of hydrogen-bond donors (Lipinski definition) is 0. The Hall–Kier alpha value is -3.01. The molecule has 0 saturated carbocycles. The summed E-state index contributed by atoms with van der Waals surface area (Å²) in [5.74, 6) is 0.720. The van der Waals surface area contributed by atoms with Gasteiger partial charge in [0.05, 0.1) is 23.6 Å². The highest BCUT2D eigenvalue weighted by atomic mass is 16.5. The second-order valence-electron chi connectivity index (χ2n) is 6.35. The van der Waals surface area contributed by atoms with Crippen LogP contribution in [0.4, 0.5) is 0 Å². The molecule has 0 aliphatic rings. The van der Waals surface area contributed by atoms with Crippen LogP contribution in [-0.2, 0) is 6.42 Å². The number of ether oxygens (including phenoxy) is 1. The minimum Gasteiger partial charge on any atom is -0.492 e. The second kappa shape index (κ2) is 7.48. The van der Waals surface area contributed by atoms with E-state index in [1.54, 1.807) is 18.4 Å². The van der Waals surface area contributed by atoms with Crippen LogP contribution in [0.3, 0.4) is 0 Å². The fraction of sp³-hybridized carbons (Fsp3) is 0.227. The number of aryl methyl sites for hydroxylation is 1. The number of rotatable bonds is 7. The Balaban J connectivity index is 1.41. The molecule has 0 atom stereocenters. The lowest BCUT2D eigenvalue weighted by molar-refractivity contribution is 0.311. The van der Waals surface area contributed by atoms with E-state index in [1.165, 1.54) is 11.6 Å². The summed E-state index contributed by atoms with van der Waals surface area (Å²) in [7, 11) is 0. The molecule has 2 heterocycles. The minimum atomic E-state index is -0.379. The largest absolute Gasteiger partial charge is 0.492 e. The van der Waals surface area contributed by atoms with Crippen molar-refractivity contribution in [2.45, 2.75) is 25.7 Å². The van der Waals surface area contributed by atoms with Gasteiger partial charge in [-0.3, -0.25) is 0 Å². The minimum absolute atomic E-state index is 0.379. The number of unbranched alkanes of at least 4 members (excludes halogenated alkanes) is 2. The van der Waals surface area contributed by atoms with E-state index in [0.717, 1.165) is 42.2 Å². The van der Waals surface area contributed by atoms with Gasteiger partial charge in [-0.2, -0.15) is 0 Å². The highest BCUT2D eigenvalue weighted by Crippen LogP contribution is 2.35. The Morgan fingerprint density at radius 3 is 2.58 bits per heavy atom. The predicted molar refractivity (Wildman–Crippen MR) is 102 cm³/mol. The zero-order chi connectivity index (χ0) is 17.8. The molecule has 4 nitrogen and oxygen atoms in total. The van der Waals surface area contributed by atoms with E-state index in [-0.39, 0.29) is 5.63 Å². The van der Waals surface area contributed by atoms with Gasteiger partial charge < -0.3 is 13.6 Å². The summed E-state index contributed by atoms with van der Waals surface area (Å²) in [4.78, 5) is 11.5. The van der Waals surface area contributed by atoms with Crippen LogP contribution in [0.5, 0.6) is 5.75 Å². The Labute approximate surface area is 151 Å². The smallest absolute Gasteiger partial charge is 0.336 e. The quantitative estimate of drug-likeness (QED) is 0.334. The van der Waals surface area contributed by atoms with E-state index in [9.17, 15) is 4.79 Å². The maximum atomic E-state index is 11.5. The Kier molecular flexibility index (Phi) is 4.73. The number of benzene rings is 2. The molecule has 0 saturated heterocycles. The SMILES string of the molecule is O=c1ccc2c(OCCCCCc3ccccc3)c3ccoc3cc2o1. The molecule has 0 bridgehead atoms. The highest BCUT2D eigenvalue weighted by molar-refractivity contribution is 6.01. The van der Waals surface area contributed by atoms with Gasteiger partial charge in [0.2, 0.25) is 0 Å². The molecule has 4 heteroatoms. The fourth-order valence-electron chi connectivity index (χ4n) is 3.19. The number of furan rings is 1. The van der Waals surface area contributed by atoms with Crippen LogP contribution in [0.15, 0.2) is 74.5 Å². The second-order valence-corrected chi connectivity index (χ2v) is 6.35. The topological polar surface area (TPSA) is 52.6 Å². The van der Waals surface area contributed by atoms with E-state index in [2.05, 4.69) is 24.3 Å². The third-order valence-electron chi connectivity index (χ3n) is 4.51. The molecular formula is C22H20O4. The van der Waals surface area contributed by atoms with Crippen molar-refractivity contribution in [1.82, 2.24) is 0 Å². The number of hydrogen-bond acceptors (Lipinski definition) is 4. The maximum Gasteiger partial charge on any atom is 0.336 e. The molecular weight excluding hydrogens is 328 g/mol. The van der Waals surface area contributed by atoms with Crippen LogP contribution >= 0.6 is 0 Å². The van der Waals surface area contributed by atoms with Crippen molar-refractivity contribution in [3.05, 3.63) is 76.8 Å². The van der Waals surface area contributed by atoms with Crippen LogP contribution in [0.1, 0.15) is 24.8 Å². The maximum absolute atomic E-state index is 11.5. The highest BCUT2D eigenvalue weighted by Gasteiger charge is 2.13. The molecule has 0 spiro atoms. The van der Waals surface area contributed by atoms with Gasteiger partial charge in [0.1, 0.15) is 16.9 Å². The lowest BCUT2D eigenvalue weighted by atomic mass is 10.1. The summed E-state index contributed by atoms with van der Waals surface area (Å²) in [5, 5.41) is 1.69. The first-order valence-corrected chi connectivity index (χ1v) is 8.92. The van der Waals surface area contributed by atoms with Crippen LogP contribution in [0.2, 0.25) is 0 Å². The van der Waals surface area contributed by atoms with E-state index < -0.39 is 0 Å². The van der Waals surface area contributed by atoms with Crippen molar-refractivity contribution in [3.8, 4) is 5.75 Å². The predicted octanol–water partition coefficient (Wildman–Crippen LogP) is 5.33. The van der Waals surface area contributed by atoms with Gasteiger partial charge in [0.15, 0.2) is 0 Å². The first-order valence-electron chi connectivity index (χ1n) is 8.92. The van der Waals surface area contributed by atoms with Crippen LogP contribution in [0, 0.1) is 0 Å². The van der Waals surface area contributed by atoms with E-state index in [0.29, 0.717) is 17.8 Å². The summed E-state index contributed by atoms with van der Waals surface area (Å²) in [6, 6.07) is 17.3. The van der Waals surface area contributed by atoms with E-state index >= 15 is 0 Å². The van der Waals surface area contributed by atoms with Crippen molar-refractivity contribution < 1.29 is 13.6 Å². The van der Waals surface area contributed by atoms with Crippen molar-refractivity contribution in [3.63, 3.8) is 0 Å². The van der Waals surface area contributed by atoms with E-state index in [4.69, 9.17) is 13.6 Å². The zero-order valence-corrected chi connectivity index (χ0v) is 14.4. The van der Waals surface area contributed by atoms with Crippen LogP contribution < -0.4 is 10.4 Å². The van der Waals surface area contributed by atoms with Gasteiger partial charge in [0.25, 0.3) is 0 Å². The third-order valence-corrected chi connectivity index (χ3v) is 4.51. The molecule has 0 fully saturated rings. The molecule has 0 unspecified atom stereocenters. The zero-order valence-electron chi connectivity index (χ0n) is 14.4. The Morgan fingerprint density at radius 1 is 0.846 bits per heavy atom. The molecule has 0 N–H and O–H groups in total. The molecule has 0 aliphatic carbocycles. The van der Waals surface area contributed by atoms with Crippen LogP contribution in [-0.4, -0.2) is 6.61 Å². The molecule has 26 heavy (non-hydrogen) atoms. The molecule has 0 radical (unpaired) electrons. The van der Waals surface area contributed by atoms with Gasteiger partial charge in [0, 0.05) is 12.1 Å². The fourth-order valence-corrected chi connectivity index (χ4v) is 3.19. The van der Waals surface area contributed by atoms with E-state index in [1.807, 2.05) is 12.1 Å². The summed E-state index contributed by atoms with van der Waals surface area (Å²) in [5.41, 5.74) is 2.14. The van der Waals surface area contributed by atoms with Crippen molar-refractivity contribution >= 4 is 21.9 Å². The molecule has 0 amide bonds. The first kappa shape index (κ1) is 16.5. The van der Waals surface area contributed by atoms with Gasteiger partial charge in [-0.15, -0.1) is 0 Å². The summed E-state index contributed by atoms with van der Waals surface area (Å²) < 4.78 is 16.8. The molecule has 2 aromatic carbocycles. The summed E-state index contributed by atoms with van der Waals surface area (Å²) in [6.45, 7) is 0.618. The lowest BCUT2D eigenvalue weighted by Crippen LogP contribution is -2.00. The Morgan fingerprint density at radius 2 is 1.69 bits per heavy atom. The molecule has 4 aromatic rings. The van der Waals surface area contributed by atoms with Gasteiger partial charge in [-0.25, -0.2) is 4.79 Å². The molecule has 0 aliphatic heterocycles. The normalized spacial score (nSPS) is 11.2. The summed E-state index contributed by atoms with van der Waals surface area (Å²) in [6.07, 6.45) is 5.92. The molecule has 132 valence electrons. The lowest BCUT2D eigenvalue weighted by Gasteiger charge is -2.10. The average Bonchev–Trinajstić information content (AvgIpc) is 3.12. The molecule has 2 aromatic heterocycles. The van der Waals surface area contributed by atoms with Gasteiger partial charge in [-0.05, 0) is 43.4 Å². The van der Waals surface area contributed by atoms with Crippen molar-refractivity contribution in [2.75, 3.05) is 6.61 Å². The number of fused-ring (bicyclic) bond motifs is 2. The van der Waals surface area contributed by atoms with Crippen LogP contribution in [0.25, 0.3) is 21.9 Å². The van der Waals surface area contributed by atoms with Gasteiger partial charge in [-0.1, -0.05) is 30.3 Å². The van der Waals surface area contributed by atoms with Crippen molar-refractivity contribution in [2.24, 2.45) is 0 Å². The monoisotopic (exact) mass is 348 g/mol. The summed E-state index contributed by atoms with van der Waals surface area (Å²) >= 11 is 0. The van der Waals surface area contributed by atoms with Gasteiger partial charge >= 0.3 is 5.63 Å². The average molecular weight is 348 g/mol.